The van der Waals surface area contributed by atoms with E-state index in [1.165, 1.54) is 0 Å². The molecule has 1 saturated carbocycles. The van der Waals surface area contributed by atoms with Crippen LogP contribution >= 0.6 is 28.3 Å². The van der Waals surface area contributed by atoms with Gasteiger partial charge in [0, 0.05) is 22.1 Å². The first kappa shape index (κ1) is 18.9. The van der Waals surface area contributed by atoms with Crippen molar-refractivity contribution < 1.29 is 9.59 Å². The zero-order chi connectivity index (χ0) is 15.4. The summed E-state index contributed by atoms with van der Waals surface area (Å²) in [7, 11) is 0. The van der Waals surface area contributed by atoms with Gasteiger partial charge in [-0.25, -0.2) is 0 Å². The van der Waals surface area contributed by atoms with Crippen molar-refractivity contribution in [1.29, 1.82) is 0 Å². The molecule has 1 fully saturated rings. The molecular formula is C15H21BrClN3O2. The second kappa shape index (κ2) is 8.50. The minimum Gasteiger partial charge on any atom is -0.347 e. The third-order valence-electron chi connectivity index (χ3n) is 3.71. The van der Waals surface area contributed by atoms with Crippen LogP contribution in [0.2, 0.25) is 0 Å². The largest absolute Gasteiger partial charge is 0.347 e. The topological polar surface area (TPSA) is 84.2 Å². The van der Waals surface area contributed by atoms with Crippen LogP contribution in [0.4, 0.5) is 5.69 Å². The predicted molar refractivity (Wildman–Crippen MR) is 93.1 cm³/mol. The highest BCUT2D eigenvalue weighted by Crippen LogP contribution is 2.24. The summed E-state index contributed by atoms with van der Waals surface area (Å²) in [6, 6.07) is 5.68. The van der Waals surface area contributed by atoms with Crippen molar-refractivity contribution >= 4 is 45.8 Å². The summed E-state index contributed by atoms with van der Waals surface area (Å²) in [4.78, 5) is 23.7. The van der Waals surface area contributed by atoms with Crippen molar-refractivity contribution in [3.63, 3.8) is 0 Å². The van der Waals surface area contributed by atoms with E-state index in [0.717, 1.165) is 28.6 Å². The van der Waals surface area contributed by atoms with Crippen molar-refractivity contribution in [3.05, 3.63) is 28.2 Å². The first-order chi connectivity index (χ1) is 9.95. The Morgan fingerprint density at radius 2 is 2.09 bits per heavy atom. The number of hydrogen-bond acceptors (Lipinski definition) is 3. The summed E-state index contributed by atoms with van der Waals surface area (Å²) in [5.41, 5.74) is 7.54. The number of rotatable bonds is 4. The molecule has 2 rings (SSSR count). The van der Waals surface area contributed by atoms with Gasteiger partial charge in [-0.1, -0.05) is 15.9 Å². The summed E-state index contributed by atoms with van der Waals surface area (Å²) < 4.78 is 0.992. The van der Waals surface area contributed by atoms with Gasteiger partial charge in [0.25, 0.3) is 0 Å². The summed E-state index contributed by atoms with van der Waals surface area (Å²) in [5.74, 6) is -0.361. The molecular weight excluding hydrogens is 370 g/mol. The number of aryl methyl sites for hydroxylation is 1. The smallest absolute Gasteiger partial charge is 0.243 e. The van der Waals surface area contributed by atoms with E-state index in [4.69, 9.17) is 5.73 Å². The van der Waals surface area contributed by atoms with E-state index in [0.29, 0.717) is 6.42 Å². The van der Waals surface area contributed by atoms with Gasteiger partial charge in [0.05, 0.1) is 6.54 Å². The van der Waals surface area contributed by atoms with Crippen LogP contribution in [0.1, 0.15) is 24.8 Å². The first-order valence-corrected chi connectivity index (χ1v) is 7.84. The normalized spacial score (nSPS) is 20.1. The van der Waals surface area contributed by atoms with E-state index in [9.17, 15) is 9.59 Å². The lowest BCUT2D eigenvalue weighted by molar-refractivity contribution is -0.127. The lowest BCUT2D eigenvalue weighted by atomic mass is 10.1. The Morgan fingerprint density at radius 1 is 1.36 bits per heavy atom. The molecule has 2 unspecified atom stereocenters. The van der Waals surface area contributed by atoms with Crippen LogP contribution < -0.4 is 16.4 Å². The number of nitrogens with one attached hydrogen (secondary N) is 2. The molecule has 0 spiro atoms. The van der Waals surface area contributed by atoms with Gasteiger partial charge in [0.2, 0.25) is 11.8 Å². The zero-order valence-corrected chi connectivity index (χ0v) is 14.8. The number of nitrogens with two attached hydrogens (primary N) is 1. The third-order valence-corrected chi connectivity index (χ3v) is 4.60. The fourth-order valence-corrected chi connectivity index (χ4v) is 2.74. The van der Waals surface area contributed by atoms with Crippen LogP contribution in [0.3, 0.4) is 0 Å². The maximum Gasteiger partial charge on any atom is 0.243 e. The average molecular weight is 391 g/mol. The van der Waals surface area contributed by atoms with Crippen LogP contribution in [0.15, 0.2) is 22.7 Å². The molecule has 122 valence electrons. The van der Waals surface area contributed by atoms with E-state index < -0.39 is 0 Å². The van der Waals surface area contributed by atoms with Crippen molar-refractivity contribution in [3.8, 4) is 0 Å². The van der Waals surface area contributed by atoms with Gasteiger partial charge in [-0.15, -0.1) is 12.4 Å². The first-order valence-electron chi connectivity index (χ1n) is 7.05. The van der Waals surface area contributed by atoms with Crippen molar-refractivity contribution in [2.24, 2.45) is 11.7 Å². The number of benzene rings is 1. The van der Waals surface area contributed by atoms with Crippen LogP contribution in [-0.4, -0.2) is 24.4 Å². The molecule has 2 atom stereocenters. The molecule has 0 aliphatic heterocycles. The standard InChI is InChI=1S/C15H20BrN3O2.ClH/c1-9-6-12(4-5-13(9)16)19-14(20)8-18-15(21)10-2-3-11(17)7-10;/h4-6,10-11H,2-3,7-8,17H2,1H3,(H,18,21)(H,19,20);1H. The lowest BCUT2D eigenvalue weighted by Crippen LogP contribution is -2.36. The number of carbonyl (C=O) groups is 2. The minimum atomic E-state index is -0.229. The Bertz CT molecular complexity index is 554. The lowest BCUT2D eigenvalue weighted by Gasteiger charge is -2.11. The van der Waals surface area contributed by atoms with E-state index in [1.807, 2.05) is 25.1 Å². The Labute approximate surface area is 144 Å². The van der Waals surface area contributed by atoms with E-state index in [1.54, 1.807) is 0 Å². The van der Waals surface area contributed by atoms with E-state index in [-0.39, 0.29) is 42.7 Å². The summed E-state index contributed by atoms with van der Waals surface area (Å²) in [6.07, 6.45) is 2.39. The van der Waals surface area contributed by atoms with Crippen molar-refractivity contribution in [1.82, 2.24) is 5.32 Å². The van der Waals surface area contributed by atoms with Crippen LogP contribution in [-0.2, 0) is 9.59 Å². The van der Waals surface area contributed by atoms with Crippen LogP contribution in [0, 0.1) is 12.8 Å². The highest BCUT2D eigenvalue weighted by molar-refractivity contribution is 9.10. The predicted octanol–water partition coefficient (Wildman–Crippen LogP) is 2.36. The Morgan fingerprint density at radius 3 is 2.68 bits per heavy atom. The van der Waals surface area contributed by atoms with Gasteiger partial charge < -0.3 is 16.4 Å². The molecule has 7 heteroatoms. The number of halogens is 2. The molecule has 1 aromatic carbocycles. The molecule has 2 amide bonds. The monoisotopic (exact) mass is 389 g/mol. The molecule has 22 heavy (non-hydrogen) atoms. The van der Waals surface area contributed by atoms with E-state index >= 15 is 0 Å². The van der Waals surface area contributed by atoms with Gasteiger partial charge in [0.1, 0.15) is 0 Å². The summed E-state index contributed by atoms with van der Waals surface area (Å²) in [5, 5.41) is 5.44. The molecule has 0 radical (unpaired) electrons. The van der Waals surface area contributed by atoms with Crippen LogP contribution in [0.25, 0.3) is 0 Å². The molecule has 1 aliphatic rings. The average Bonchev–Trinajstić information content (AvgIpc) is 2.87. The fourth-order valence-electron chi connectivity index (χ4n) is 2.49. The molecule has 1 aliphatic carbocycles. The van der Waals surface area contributed by atoms with Gasteiger partial charge in [-0.2, -0.15) is 0 Å². The molecule has 0 saturated heterocycles. The summed E-state index contributed by atoms with van der Waals surface area (Å²) in [6.45, 7) is 1.94. The second-order valence-corrected chi connectivity index (χ2v) is 6.35. The molecule has 4 N–H and O–H groups in total. The zero-order valence-electron chi connectivity index (χ0n) is 12.4. The quantitative estimate of drug-likeness (QED) is 0.738. The van der Waals surface area contributed by atoms with Crippen molar-refractivity contribution in [2.75, 3.05) is 11.9 Å². The summed E-state index contributed by atoms with van der Waals surface area (Å²) >= 11 is 3.41. The highest BCUT2D eigenvalue weighted by atomic mass is 79.9. The maximum atomic E-state index is 11.9. The van der Waals surface area contributed by atoms with Crippen molar-refractivity contribution in [2.45, 2.75) is 32.2 Å². The minimum absolute atomic E-state index is 0. The number of amides is 2. The van der Waals surface area contributed by atoms with E-state index in [2.05, 4.69) is 26.6 Å². The molecule has 0 aromatic heterocycles. The van der Waals surface area contributed by atoms with Crippen LogP contribution in [0.5, 0.6) is 0 Å². The number of hydrogen-bond donors (Lipinski definition) is 3. The third kappa shape index (κ3) is 5.26. The highest BCUT2D eigenvalue weighted by Gasteiger charge is 2.27. The molecule has 0 heterocycles. The number of anilines is 1. The Kier molecular flexibility index (Phi) is 7.32. The van der Waals surface area contributed by atoms with Gasteiger partial charge >= 0.3 is 0 Å². The van der Waals surface area contributed by atoms with Gasteiger partial charge in [-0.3, -0.25) is 9.59 Å². The Hall–Kier alpha value is -1.11. The molecule has 0 bridgehead atoms. The molecule has 1 aromatic rings. The maximum absolute atomic E-state index is 11.9. The fraction of sp³-hybridized carbons (Fsp3) is 0.467. The Balaban J connectivity index is 0.00000242. The second-order valence-electron chi connectivity index (χ2n) is 5.50. The number of carbonyl (C=O) groups excluding carboxylic acids is 2. The SMILES string of the molecule is Cc1cc(NC(=O)CNC(=O)C2CCC(N)C2)ccc1Br.Cl. The van der Waals surface area contributed by atoms with Gasteiger partial charge in [0.15, 0.2) is 0 Å². The van der Waals surface area contributed by atoms with Gasteiger partial charge in [-0.05, 0) is 49.9 Å². The molecule has 5 nitrogen and oxygen atoms in total.